The van der Waals surface area contributed by atoms with E-state index in [0.717, 1.165) is 24.2 Å². The van der Waals surface area contributed by atoms with Crippen molar-refractivity contribution >= 4 is 11.6 Å². The van der Waals surface area contributed by atoms with Crippen molar-refractivity contribution in [3.05, 3.63) is 29.8 Å². The number of hydrogen-bond donors (Lipinski definition) is 2. The average Bonchev–Trinajstić information content (AvgIpc) is 2.35. The lowest BCUT2D eigenvalue weighted by Crippen LogP contribution is -2.34. The number of benzene rings is 1. The number of aryl methyl sites for hydroxylation is 1. The predicted octanol–water partition coefficient (Wildman–Crippen LogP) is 1.66. The second-order valence-electron chi connectivity index (χ2n) is 5.26. The van der Waals surface area contributed by atoms with Crippen LogP contribution in [-0.4, -0.2) is 37.5 Å². The van der Waals surface area contributed by atoms with Gasteiger partial charge in [-0.3, -0.25) is 4.79 Å². The highest BCUT2D eigenvalue weighted by Crippen LogP contribution is 2.12. The van der Waals surface area contributed by atoms with Gasteiger partial charge in [-0.15, -0.1) is 0 Å². The molecule has 1 aromatic carbocycles. The Morgan fingerprint density at radius 1 is 1.37 bits per heavy atom. The predicted molar refractivity (Wildman–Crippen MR) is 80.0 cm³/mol. The molecular weight excluding hydrogens is 238 g/mol. The molecule has 0 saturated carbocycles. The topological polar surface area (TPSA) is 58.4 Å². The van der Waals surface area contributed by atoms with Crippen LogP contribution >= 0.6 is 0 Å². The van der Waals surface area contributed by atoms with Crippen LogP contribution in [0, 0.1) is 0 Å². The number of amides is 1. The molecule has 106 valence electrons. The Labute approximate surface area is 116 Å². The number of anilines is 1. The number of rotatable bonds is 7. The van der Waals surface area contributed by atoms with E-state index in [-0.39, 0.29) is 11.9 Å². The van der Waals surface area contributed by atoms with Gasteiger partial charge >= 0.3 is 0 Å². The molecule has 0 saturated heterocycles. The van der Waals surface area contributed by atoms with Crippen molar-refractivity contribution in [3.63, 3.8) is 0 Å². The lowest BCUT2D eigenvalue weighted by molar-refractivity contribution is -0.121. The van der Waals surface area contributed by atoms with Crippen LogP contribution in [0.4, 0.5) is 5.69 Å². The van der Waals surface area contributed by atoms with E-state index in [0.29, 0.717) is 12.8 Å². The van der Waals surface area contributed by atoms with E-state index < -0.39 is 0 Å². The van der Waals surface area contributed by atoms with Crippen LogP contribution in [0.25, 0.3) is 0 Å². The van der Waals surface area contributed by atoms with Crippen molar-refractivity contribution in [2.75, 3.05) is 26.4 Å². The maximum absolute atomic E-state index is 11.8. The van der Waals surface area contributed by atoms with Crippen molar-refractivity contribution in [1.82, 2.24) is 10.2 Å². The molecule has 1 atom stereocenters. The highest BCUT2D eigenvalue weighted by molar-refractivity contribution is 5.76. The number of nitrogen functional groups attached to an aromatic ring is 1. The van der Waals surface area contributed by atoms with Gasteiger partial charge in [-0.05, 0) is 52.0 Å². The normalized spacial score (nSPS) is 12.4. The third kappa shape index (κ3) is 6.25. The SMILES string of the molecule is CC(CCN(C)C)NC(=O)CCc1ccccc1N. The number of nitrogens with zero attached hydrogens (tertiary/aromatic N) is 1. The van der Waals surface area contributed by atoms with Crippen LogP contribution in [0.15, 0.2) is 24.3 Å². The fourth-order valence-electron chi connectivity index (χ4n) is 1.88. The molecule has 0 radical (unpaired) electrons. The third-order valence-corrected chi connectivity index (χ3v) is 3.09. The zero-order valence-electron chi connectivity index (χ0n) is 12.1. The Morgan fingerprint density at radius 3 is 2.68 bits per heavy atom. The van der Waals surface area contributed by atoms with Gasteiger partial charge in [-0.25, -0.2) is 0 Å². The Kier molecular flexibility index (Phi) is 6.36. The summed E-state index contributed by atoms with van der Waals surface area (Å²) in [6.45, 7) is 3.02. The Balaban J connectivity index is 2.30. The van der Waals surface area contributed by atoms with Crippen LogP contribution in [-0.2, 0) is 11.2 Å². The Hall–Kier alpha value is -1.55. The third-order valence-electron chi connectivity index (χ3n) is 3.09. The van der Waals surface area contributed by atoms with Gasteiger partial charge < -0.3 is 16.0 Å². The lowest BCUT2D eigenvalue weighted by atomic mass is 10.1. The molecule has 1 amide bonds. The molecule has 0 bridgehead atoms. The van der Waals surface area contributed by atoms with Crippen molar-refractivity contribution in [1.29, 1.82) is 0 Å². The number of nitrogens with one attached hydrogen (secondary N) is 1. The highest BCUT2D eigenvalue weighted by Gasteiger charge is 2.08. The zero-order chi connectivity index (χ0) is 14.3. The van der Waals surface area contributed by atoms with Gasteiger partial charge in [0.2, 0.25) is 5.91 Å². The first-order chi connectivity index (χ1) is 8.99. The fourth-order valence-corrected chi connectivity index (χ4v) is 1.88. The van der Waals surface area contributed by atoms with Gasteiger partial charge in [0.1, 0.15) is 0 Å². The largest absolute Gasteiger partial charge is 0.399 e. The van der Waals surface area contributed by atoms with Crippen LogP contribution in [0.1, 0.15) is 25.3 Å². The van der Waals surface area contributed by atoms with Gasteiger partial charge in [-0.2, -0.15) is 0 Å². The summed E-state index contributed by atoms with van der Waals surface area (Å²) in [6, 6.07) is 7.90. The minimum absolute atomic E-state index is 0.0921. The first-order valence-electron chi connectivity index (χ1n) is 6.76. The van der Waals surface area contributed by atoms with E-state index in [2.05, 4.69) is 10.2 Å². The van der Waals surface area contributed by atoms with Crippen molar-refractivity contribution in [3.8, 4) is 0 Å². The summed E-state index contributed by atoms with van der Waals surface area (Å²) in [7, 11) is 4.07. The van der Waals surface area contributed by atoms with E-state index in [1.165, 1.54) is 0 Å². The Morgan fingerprint density at radius 2 is 2.05 bits per heavy atom. The molecular formula is C15H25N3O. The number of para-hydroxylation sites is 1. The van der Waals surface area contributed by atoms with Gasteiger partial charge in [0, 0.05) is 18.2 Å². The van der Waals surface area contributed by atoms with E-state index in [9.17, 15) is 4.79 Å². The summed E-state index contributed by atoms with van der Waals surface area (Å²) >= 11 is 0. The molecule has 1 rings (SSSR count). The molecule has 4 heteroatoms. The first-order valence-corrected chi connectivity index (χ1v) is 6.76. The fraction of sp³-hybridized carbons (Fsp3) is 0.533. The highest BCUT2D eigenvalue weighted by atomic mass is 16.1. The molecule has 0 heterocycles. The number of carbonyl (C=O) groups excluding carboxylic acids is 1. The van der Waals surface area contributed by atoms with E-state index in [1.54, 1.807) is 0 Å². The maximum atomic E-state index is 11.8. The minimum Gasteiger partial charge on any atom is -0.399 e. The Bertz CT molecular complexity index is 404. The van der Waals surface area contributed by atoms with E-state index >= 15 is 0 Å². The van der Waals surface area contributed by atoms with Gasteiger partial charge in [0.15, 0.2) is 0 Å². The molecule has 0 aliphatic heterocycles. The molecule has 0 fully saturated rings. The van der Waals surface area contributed by atoms with Gasteiger partial charge in [-0.1, -0.05) is 18.2 Å². The summed E-state index contributed by atoms with van der Waals surface area (Å²) in [6.07, 6.45) is 2.14. The molecule has 3 N–H and O–H groups in total. The lowest BCUT2D eigenvalue weighted by Gasteiger charge is -2.16. The second kappa shape index (κ2) is 7.79. The summed E-state index contributed by atoms with van der Waals surface area (Å²) in [5.41, 5.74) is 7.65. The van der Waals surface area contributed by atoms with Crippen molar-refractivity contribution in [2.45, 2.75) is 32.2 Å². The van der Waals surface area contributed by atoms with Crippen LogP contribution in [0.3, 0.4) is 0 Å². The smallest absolute Gasteiger partial charge is 0.220 e. The molecule has 19 heavy (non-hydrogen) atoms. The zero-order valence-corrected chi connectivity index (χ0v) is 12.1. The molecule has 1 unspecified atom stereocenters. The van der Waals surface area contributed by atoms with Crippen LogP contribution in [0.5, 0.6) is 0 Å². The number of nitrogens with two attached hydrogens (primary N) is 1. The summed E-state index contributed by atoms with van der Waals surface area (Å²) in [5, 5.41) is 3.02. The van der Waals surface area contributed by atoms with Gasteiger partial charge in [0.05, 0.1) is 0 Å². The number of hydrogen-bond acceptors (Lipinski definition) is 3. The standard InChI is InChI=1S/C15H25N3O/c1-12(10-11-18(2)3)17-15(19)9-8-13-6-4-5-7-14(13)16/h4-7,12H,8-11,16H2,1-3H3,(H,17,19). The second-order valence-corrected chi connectivity index (χ2v) is 5.26. The molecule has 0 aromatic heterocycles. The minimum atomic E-state index is 0.0921. The molecule has 4 nitrogen and oxygen atoms in total. The van der Waals surface area contributed by atoms with E-state index in [1.807, 2.05) is 45.3 Å². The molecule has 0 spiro atoms. The summed E-state index contributed by atoms with van der Waals surface area (Å²) in [4.78, 5) is 13.9. The average molecular weight is 263 g/mol. The first kappa shape index (κ1) is 15.5. The number of carbonyl (C=O) groups is 1. The quantitative estimate of drug-likeness (QED) is 0.736. The van der Waals surface area contributed by atoms with Gasteiger partial charge in [0.25, 0.3) is 0 Å². The molecule has 1 aromatic rings. The molecule has 0 aliphatic rings. The van der Waals surface area contributed by atoms with Crippen LogP contribution in [0.2, 0.25) is 0 Å². The van der Waals surface area contributed by atoms with Crippen LogP contribution < -0.4 is 11.1 Å². The maximum Gasteiger partial charge on any atom is 0.220 e. The van der Waals surface area contributed by atoms with E-state index in [4.69, 9.17) is 5.73 Å². The molecule has 0 aliphatic carbocycles. The monoisotopic (exact) mass is 263 g/mol. The summed E-state index contributed by atoms with van der Waals surface area (Å²) in [5.74, 6) is 0.0921. The van der Waals surface area contributed by atoms with Crippen molar-refractivity contribution in [2.24, 2.45) is 0 Å². The van der Waals surface area contributed by atoms with Crippen molar-refractivity contribution < 1.29 is 4.79 Å². The summed E-state index contributed by atoms with van der Waals surface area (Å²) < 4.78 is 0.